The van der Waals surface area contributed by atoms with Crippen molar-refractivity contribution in [1.82, 2.24) is 5.32 Å². The number of carbonyl (C=O) groups is 2. The fourth-order valence-corrected chi connectivity index (χ4v) is 1.27. The van der Waals surface area contributed by atoms with Gasteiger partial charge >= 0.3 is 0 Å². The number of hydrogen-bond donors (Lipinski definition) is 1. The van der Waals surface area contributed by atoms with E-state index in [1.54, 1.807) is 0 Å². The highest BCUT2D eigenvalue weighted by molar-refractivity contribution is 5.88. The molecule has 0 aromatic rings. The lowest BCUT2D eigenvalue weighted by molar-refractivity contribution is -0.130. The first-order valence-electron chi connectivity index (χ1n) is 5.47. The lowest BCUT2D eigenvalue weighted by atomic mass is 10.0. The zero-order chi connectivity index (χ0) is 12.6. The fraction of sp³-hybridized carbons (Fsp3) is 0.667. The average molecular weight is 227 g/mol. The molecule has 0 spiro atoms. The van der Waals surface area contributed by atoms with Gasteiger partial charge in [0.25, 0.3) is 0 Å². The van der Waals surface area contributed by atoms with Crippen LogP contribution >= 0.6 is 0 Å². The quantitative estimate of drug-likeness (QED) is 0.527. The predicted molar refractivity (Wildman–Crippen MR) is 63.1 cm³/mol. The van der Waals surface area contributed by atoms with E-state index in [2.05, 4.69) is 5.32 Å². The Kier molecular flexibility index (Phi) is 7.46. The highest BCUT2D eigenvalue weighted by Gasteiger charge is 2.20. The van der Waals surface area contributed by atoms with E-state index in [0.717, 1.165) is 0 Å². The van der Waals surface area contributed by atoms with E-state index < -0.39 is 6.04 Å². The van der Waals surface area contributed by atoms with E-state index in [1.165, 1.54) is 6.92 Å². The molecule has 0 fully saturated rings. The molecule has 1 N–H and O–H groups in total. The summed E-state index contributed by atoms with van der Waals surface area (Å²) >= 11 is 0. The Morgan fingerprint density at radius 3 is 2.44 bits per heavy atom. The molecule has 0 aliphatic rings. The molecular formula is C12H21NO3. The SMILES string of the molecule is CC=CCOCC(=O)NC(C(C)=O)C(C)C. The minimum atomic E-state index is -0.419. The van der Waals surface area contributed by atoms with Crippen molar-refractivity contribution in [3.63, 3.8) is 0 Å². The normalized spacial score (nSPS) is 13.1. The summed E-state index contributed by atoms with van der Waals surface area (Å²) in [6.07, 6.45) is 3.67. The lowest BCUT2D eigenvalue weighted by Gasteiger charge is -2.19. The van der Waals surface area contributed by atoms with Crippen LogP contribution in [0, 0.1) is 5.92 Å². The van der Waals surface area contributed by atoms with Crippen molar-refractivity contribution in [2.24, 2.45) is 5.92 Å². The van der Waals surface area contributed by atoms with E-state index >= 15 is 0 Å². The second kappa shape index (κ2) is 8.05. The molecule has 16 heavy (non-hydrogen) atoms. The van der Waals surface area contributed by atoms with Crippen molar-refractivity contribution in [2.75, 3.05) is 13.2 Å². The van der Waals surface area contributed by atoms with Crippen LogP contribution in [-0.2, 0) is 14.3 Å². The molecule has 92 valence electrons. The molecule has 0 rings (SSSR count). The molecule has 0 heterocycles. The van der Waals surface area contributed by atoms with Gasteiger partial charge in [0.15, 0.2) is 5.78 Å². The zero-order valence-electron chi connectivity index (χ0n) is 10.4. The molecule has 0 saturated carbocycles. The lowest BCUT2D eigenvalue weighted by Crippen LogP contribution is -2.44. The molecule has 0 aliphatic heterocycles. The number of ether oxygens (including phenoxy) is 1. The zero-order valence-corrected chi connectivity index (χ0v) is 10.4. The fourth-order valence-electron chi connectivity index (χ4n) is 1.27. The first kappa shape index (κ1) is 14.8. The summed E-state index contributed by atoms with van der Waals surface area (Å²) in [4.78, 5) is 22.6. The van der Waals surface area contributed by atoms with Gasteiger partial charge in [-0.25, -0.2) is 0 Å². The van der Waals surface area contributed by atoms with Crippen LogP contribution in [0.15, 0.2) is 12.2 Å². The second-order valence-corrected chi connectivity index (χ2v) is 3.98. The topological polar surface area (TPSA) is 55.4 Å². The number of carbonyl (C=O) groups excluding carboxylic acids is 2. The number of ketones is 1. The Hall–Kier alpha value is -1.16. The van der Waals surface area contributed by atoms with Gasteiger partial charge in [-0.1, -0.05) is 26.0 Å². The van der Waals surface area contributed by atoms with Crippen molar-refractivity contribution in [3.05, 3.63) is 12.2 Å². The van der Waals surface area contributed by atoms with Crippen molar-refractivity contribution in [3.8, 4) is 0 Å². The van der Waals surface area contributed by atoms with E-state index in [4.69, 9.17) is 4.74 Å². The van der Waals surface area contributed by atoms with Gasteiger partial charge in [0.05, 0.1) is 12.6 Å². The Labute approximate surface area is 97.1 Å². The summed E-state index contributed by atoms with van der Waals surface area (Å²) in [5.74, 6) is -0.188. The number of allylic oxidation sites excluding steroid dienone is 1. The highest BCUT2D eigenvalue weighted by Crippen LogP contribution is 2.02. The van der Waals surface area contributed by atoms with Gasteiger partial charge in [-0.15, -0.1) is 0 Å². The van der Waals surface area contributed by atoms with Crippen LogP contribution in [0.25, 0.3) is 0 Å². The Balaban J connectivity index is 3.96. The van der Waals surface area contributed by atoms with Gasteiger partial charge in [0.2, 0.25) is 5.91 Å². The van der Waals surface area contributed by atoms with E-state index in [9.17, 15) is 9.59 Å². The first-order chi connectivity index (χ1) is 7.49. The molecule has 0 bridgehead atoms. The van der Waals surface area contributed by atoms with E-state index in [0.29, 0.717) is 6.61 Å². The maximum Gasteiger partial charge on any atom is 0.246 e. The van der Waals surface area contributed by atoms with Crippen molar-refractivity contribution < 1.29 is 14.3 Å². The van der Waals surface area contributed by atoms with Crippen LogP contribution in [0.4, 0.5) is 0 Å². The molecule has 0 aromatic heterocycles. The van der Waals surface area contributed by atoms with Gasteiger partial charge in [0.1, 0.15) is 6.61 Å². The number of Topliss-reactive ketones (excluding diaryl/α,β-unsaturated/α-hetero) is 1. The number of amides is 1. The van der Waals surface area contributed by atoms with Crippen LogP contribution in [0.3, 0.4) is 0 Å². The molecule has 0 saturated heterocycles. The van der Waals surface area contributed by atoms with Gasteiger partial charge < -0.3 is 10.1 Å². The number of nitrogens with one attached hydrogen (secondary N) is 1. The third-order valence-corrected chi connectivity index (χ3v) is 2.10. The summed E-state index contributed by atoms with van der Waals surface area (Å²) in [5.41, 5.74) is 0. The molecule has 4 nitrogen and oxygen atoms in total. The van der Waals surface area contributed by atoms with Gasteiger partial charge in [0, 0.05) is 0 Å². The maximum atomic E-state index is 11.4. The summed E-state index contributed by atoms with van der Waals surface area (Å²) in [5, 5.41) is 2.66. The van der Waals surface area contributed by atoms with E-state index in [-0.39, 0.29) is 24.2 Å². The third-order valence-electron chi connectivity index (χ3n) is 2.10. The summed E-state index contributed by atoms with van der Waals surface area (Å²) in [6.45, 7) is 7.55. The van der Waals surface area contributed by atoms with Gasteiger partial charge in [-0.05, 0) is 19.8 Å². The average Bonchev–Trinajstić information content (AvgIpc) is 2.20. The molecule has 0 radical (unpaired) electrons. The van der Waals surface area contributed by atoms with Crippen molar-refractivity contribution in [1.29, 1.82) is 0 Å². The minimum Gasteiger partial charge on any atom is -0.368 e. The monoisotopic (exact) mass is 227 g/mol. The summed E-state index contributed by atoms with van der Waals surface area (Å²) in [6, 6.07) is -0.419. The summed E-state index contributed by atoms with van der Waals surface area (Å²) < 4.78 is 5.09. The smallest absolute Gasteiger partial charge is 0.246 e. The molecule has 0 aromatic carbocycles. The van der Waals surface area contributed by atoms with Crippen LogP contribution in [0.1, 0.15) is 27.7 Å². The van der Waals surface area contributed by atoms with Crippen molar-refractivity contribution >= 4 is 11.7 Å². The molecule has 1 unspecified atom stereocenters. The standard InChI is InChI=1S/C12H21NO3/c1-5-6-7-16-8-11(15)13-12(9(2)3)10(4)14/h5-6,9,12H,7-8H2,1-4H3,(H,13,15). The Bertz CT molecular complexity index is 259. The number of rotatable bonds is 7. The van der Waals surface area contributed by atoms with Crippen LogP contribution in [0.2, 0.25) is 0 Å². The third kappa shape index (κ3) is 6.35. The first-order valence-corrected chi connectivity index (χ1v) is 5.47. The highest BCUT2D eigenvalue weighted by atomic mass is 16.5. The van der Waals surface area contributed by atoms with Crippen LogP contribution in [0.5, 0.6) is 0 Å². The molecular weight excluding hydrogens is 206 g/mol. The molecule has 4 heteroatoms. The molecule has 1 atom stereocenters. The van der Waals surface area contributed by atoms with Gasteiger partial charge in [-0.3, -0.25) is 9.59 Å². The summed E-state index contributed by atoms with van der Waals surface area (Å²) in [7, 11) is 0. The minimum absolute atomic E-state index is 0.0131. The number of hydrogen-bond acceptors (Lipinski definition) is 3. The van der Waals surface area contributed by atoms with Crippen LogP contribution in [-0.4, -0.2) is 30.9 Å². The largest absolute Gasteiger partial charge is 0.368 e. The van der Waals surface area contributed by atoms with E-state index in [1.807, 2.05) is 32.9 Å². The Morgan fingerprint density at radius 1 is 1.38 bits per heavy atom. The maximum absolute atomic E-state index is 11.4. The predicted octanol–water partition coefficient (Wildman–Crippen LogP) is 1.31. The Morgan fingerprint density at radius 2 is 2.00 bits per heavy atom. The van der Waals surface area contributed by atoms with Crippen molar-refractivity contribution in [2.45, 2.75) is 33.7 Å². The van der Waals surface area contributed by atoms with Gasteiger partial charge in [-0.2, -0.15) is 0 Å². The van der Waals surface area contributed by atoms with Crippen LogP contribution < -0.4 is 5.32 Å². The molecule has 1 amide bonds. The molecule has 0 aliphatic carbocycles. The second-order valence-electron chi connectivity index (χ2n) is 3.98.